The average molecular weight is 233 g/mol. The molecule has 92 valence electrons. The molecule has 0 amide bonds. The standard InChI is InChI=1S/C14H19NO2/c16-14(17)7-8-15-10-11-5-6-12-3-1-2-4-13(12)9-11/h5-6,9,15H,1-4,7-8,10H2,(H,16,17). The molecule has 2 N–H and O–H groups in total. The minimum atomic E-state index is -0.747. The van der Waals surface area contributed by atoms with Crippen LogP contribution in [-0.2, 0) is 24.2 Å². The number of hydrogen-bond donors (Lipinski definition) is 2. The number of hydrogen-bond acceptors (Lipinski definition) is 2. The quantitative estimate of drug-likeness (QED) is 0.766. The summed E-state index contributed by atoms with van der Waals surface area (Å²) in [6.45, 7) is 1.30. The van der Waals surface area contributed by atoms with Gasteiger partial charge in [-0.2, -0.15) is 0 Å². The van der Waals surface area contributed by atoms with Gasteiger partial charge >= 0.3 is 5.97 Å². The van der Waals surface area contributed by atoms with Crippen molar-refractivity contribution in [2.75, 3.05) is 6.54 Å². The lowest BCUT2D eigenvalue weighted by Crippen LogP contribution is -2.18. The molecule has 2 rings (SSSR count). The highest BCUT2D eigenvalue weighted by Crippen LogP contribution is 2.22. The molecule has 17 heavy (non-hydrogen) atoms. The molecule has 0 saturated carbocycles. The zero-order valence-electron chi connectivity index (χ0n) is 10.0. The van der Waals surface area contributed by atoms with Gasteiger partial charge in [0.05, 0.1) is 6.42 Å². The van der Waals surface area contributed by atoms with Gasteiger partial charge in [-0.05, 0) is 42.4 Å². The van der Waals surface area contributed by atoms with Crippen LogP contribution in [0.25, 0.3) is 0 Å². The zero-order valence-corrected chi connectivity index (χ0v) is 10.0. The Morgan fingerprint density at radius 2 is 2.00 bits per heavy atom. The summed E-state index contributed by atoms with van der Waals surface area (Å²) in [6, 6.07) is 6.64. The Labute approximate surface area is 102 Å². The highest BCUT2D eigenvalue weighted by molar-refractivity contribution is 5.66. The van der Waals surface area contributed by atoms with E-state index in [0.29, 0.717) is 6.54 Å². The van der Waals surface area contributed by atoms with E-state index in [2.05, 4.69) is 23.5 Å². The normalized spacial score (nSPS) is 14.4. The van der Waals surface area contributed by atoms with Crippen LogP contribution < -0.4 is 5.32 Å². The molecular formula is C14H19NO2. The predicted molar refractivity (Wildman–Crippen MR) is 67.0 cm³/mol. The van der Waals surface area contributed by atoms with Crippen LogP contribution in [0.5, 0.6) is 0 Å². The van der Waals surface area contributed by atoms with Crippen molar-refractivity contribution in [2.45, 2.75) is 38.6 Å². The van der Waals surface area contributed by atoms with E-state index in [1.165, 1.54) is 42.4 Å². The lowest BCUT2D eigenvalue weighted by atomic mass is 9.90. The van der Waals surface area contributed by atoms with E-state index in [9.17, 15) is 4.79 Å². The first-order chi connectivity index (χ1) is 8.25. The lowest BCUT2D eigenvalue weighted by Gasteiger charge is -2.16. The number of aliphatic carboxylic acids is 1. The summed E-state index contributed by atoms with van der Waals surface area (Å²) in [4.78, 5) is 10.4. The second-order valence-corrected chi connectivity index (χ2v) is 4.63. The molecule has 1 aromatic carbocycles. The molecule has 1 aliphatic rings. The van der Waals surface area contributed by atoms with Crippen molar-refractivity contribution in [1.29, 1.82) is 0 Å². The predicted octanol–water partition coefficient (Wildman–Crippen LogP) is 2.13. The summed E-state index contributed by atoms with van der Waals surface area (Å²) in [5.41, 5.74) is 4.23. The number of carbonyl (C=O) groups is 1. The first-order valence-electron chi connectivity index (χ1n) is 6.29. The van der Waals surface area contributed by atoms with Gasteiger partial charge in [-0.25, -0.2) is 0 Å². The van der Waals surface area contributed by atoms with Gasteiger partial charge in [0.1, 0.15) is 0 Å². The van der Waals surface area contributed by atoms with Crippen LogP contribution in [0.4, 0.5) is 0 Å². The van der Waals surface area contributed by atoms with Gasteiger partial charge in [0.25, 0.3) is 0 Å². The second-order valence-electron chi connectivity index (χ2n) is 4.63. The molecule has 0 aromatic heterocycles. The molecule has 0 bridgehead atoms. The van der Waals surface area contributed by atoms with Crippen LogP contribution in [-0.4, -0.2) is 17.6 Å². The number of carboxylic acid groups (broad SMARTS) is 1. The van der Waals surface area contributed by atoms with Gasteiger partial charge in [0, 0.05) is 13.1 Å². The van der Waals surface area contributed by atoms with E-state index in [0.717, 1.165) is 6.54 Å². The van der Waals surface area contributed by atoms with Crippen molar-refractivity contribution in [3.05, 3.63) is 34.9 Å². The third-order valence-electron chi connectivity index (χ3n) is 3.26. The average Bonchev–Trinajstić information content (AvgIpc) is 2.34. The lowest BCUT2D eigenvalue weighted by molar-refractivity contribution is -0.136. The number of rotatable bonds is 5. The Hall–Kier alpha value is -1.35. The van der Waals surface area contributed by atoms with Crippen LogP contribution in [0.1, 0.15) is 36.0 Å². The zero-order chi connectivity index (χ0) is 12.1. The second kappa shape index (κ2) is 5.82. The van der Waals surface area contributed by atoms with E-state index >= 15 is 0 Å². The molecule has 0 atom stereocenters. The van der Waals surface area contributed by atoms with Gasteiger partial charge in [-0.1, -0.05) is 18.2 Å². The van der Waals surface area contributed by atoms with Crippen LogP contribution in [0.2, 0.25) is 0 Å². The van der Waals surface area contributed by atoms with Gasteiger partial charge < -0.3 is 10.4 Å². The van der Waals surface area contributed by atoms with Crippen molar-refractivity contribution in [2.24, 2.45) is 0 Å². The number of aryl methyl sites for hydroxylation is 2. The number of nitrogens with one attached hydrogen (secondary N) is 1. The third kappa shape index (κ3) is 3.56. The molecule has 0 radical (unpaired) electrons. The Kier molecular flexibility index (Phi) is 4.15. The van der Waals surface area contributed by atoms with Crippen LogP contribution in [0.3, 0.4) is 0 Å². The number of benzene rings is 1. The van der Waals surface area contributed by atoms with E-state index in [4.69, 9.17) is 5.11 Å². The summed E-state index contributed by atoms with van der Waals surface area (Å²) in [5.74, 6) is -0.747. The summed E-state index contributed by atoms with van der Waals surface area (Å²) in [6.07, 6.45) is 5.19. The highest BCUT2D eigenvalue weighted by atomic mass is 16.4. The van der Waals surface area contributed by atoms with Crippen molar-refractivity contribution < 1.29 is 9.90 Å². The van der Waals surface area contributed by atoms with E-state index in [1.807, 2.05) is 0 Å². The first kappa shape index (κ1) is 12.1. The monoisotopic (exact) mass is 233 g/mol. The smallest absolute Gasteiger partial charge is 0.304 e. The van der Waals surface area contributed by atoms with Gasteiger partial charge in [0.2, 0.25) is 0 Å². The molecular weight excluding hydrogens is 214 g/mol. The number of carboxylic acids is 1. The van der Waals surface area contributed by atoms with Crippen LogP contribution >= 0.6 is 0 Å². The van der Waals surface area contributed by atoms with Gasteiger partial charge in [-0.15, -0.1) is 0 Å². The molecule has 0 heterocycles. The molecule has 1 aromatic rings. The van der Waals surface area contributed by atoms with Crippen molar-refractivity contribution in [3.8, 4) is 0 Å². The van der Waals surface area contributed by atoms with Crippen molar-refractivity contribution in [1.82, 2.24) is 5.32 Å². The maximum atomic E-state index is 10.4. The SMILES string of the molecule is O=C(O)CCNCc1ccc2c(c1)CCCC2. The van der Waals surface area contributed by atoms with Gasteiger partial charge in [-0.3, -0.25) is 4.79 Å². The van der Waals surface area contributed by atoms with Crippen molar-refractivity contribution >= 4 is 5.97 Å². The van der Waals surface area contributed by atoms with E-state index in [1.54, 1.807) is 0 Å². The molecule has 0 aliphatic heterocycles. The van der Waals surface area contributed by atoms with Gasteiger partial charge in [0.15, 0.2) is 0 Å². The molecule has 0 unspecified atom stereocenters. The Bertz CT molecular complexity index is 401. The Balaban J connectivity index is 1.86. The fraction of sp³-hybridized carbons (Fsp3) is 0.500. The molecule has 0 saturated heterocycles. The molecule has 0 spiro atoms. The molecule has 3 heteroatoms. The molecule has 0 fully saturated rings. The summed E-state index contributed by atoms with van der Waals surface area (Å²) < 4.78 is 0. The van der Waals surface area contributed by atoms with E-state index in [-0.39, 0.29) is 6.42 Å². The summed E-state index contributed by atoms with van der Waals surface area (Å²) in [7, 11) is 0. The fourth-order valence-electron chi connectivity index (χ4n) is 2.32. The topological polar surface area (TPSA) is 49.3 Å². The largest absolute Gasteiger partial charge is 0.481 e. The van der Waals surface area contributed by atoms with Crippen molar-refractivity contribution in [3.63, 3.8) is 0 Å². The minimum Gasteiger partial charge on any atom is -0.481 e. The third-order valence-corrected chi connectivity index (χ3v) is 3.26. The number of fused-ring (bicyclic) bond motifs is 1. The summed E-state index contributed by atoms with van der Waals surface area (Å²) >= 11 is 0. The van der Waals surface area contributed by atoms with Crippen LogP contribution in [0, 0.1) is 0 Å². The maximum absolute atomic E-state index is 10.4. The Morgan fingerprint density at radius 3 is 2.76 bits per heavy atom. The molecule has 1 aliphatic carbocycles. The molecule has 3 nitrogen and oxygen atoms in total. The summed E-state index contributed by atoms with van der Waals surface area (Å²) in [5, 5.41) is 11.7. The maximum Gasteiger partial charge on any atom is 0.304 e. The fourth-order valence-corrected chi connectivity index (χ4v) is 2.32. The Morgan fingerprint density at radius 1 is 1.24 bits per heavy atom. The van der Waals surface area contributed by atoms with Crippen LogP contribution in [0.15, 0.2) is 18.2 Å². The highest BCUT2D eigenvalue weighted by Gasteiger charge is 2.09. The first-order valence-corrected chi connectivity index (χ1v) is 6.29. The van der Waals surface area contributed by atoms with E-state index < -0.39 is 5.97 Å². The minimum absolute atomic E-state index is 0.185.